The maximum absolute atomic E-state index is 13.8. The van der Waals surface area contributed by atoms with Gasteiger partial charge in [0.25, 0.3) is 0 Å². The molecule has 0 aromatic rings. The van der Waals surface area contributed by atoms with Crippen LogP contribution in [0.2, 0.25) is 0 Å². The van der Waals surface area contributed by atoms with E-state index in [2.05, 4.69) is 0 Å². The van der Waals surface area contributed by atoms with Crippen LogP contribution in [-0.4, -0.2) is 28.8 Å². The largest absolute Gasteiger partial charge is 0.481 e. The number of carboxylic acid groups (broad SMARTS) is 1. The van der Waals surface area contributed by atoms with Crippen molar-refractivity contribution in [1.82, 2.24) is 0 Å². The van der Waals surface area contributed by atoms with E-state index in [0.717, 1.165) is 0 Å². The van der Waals surface area contributed by atoms with Crippen LogP contribution in [0.3, 0.4) is 0 Å². The Labute approximate surface area is 141 Å². The molecule has 0 heterocycles. The van der Waals surface area contributed by atoms with Crippen LogP contribution in [0.1, 0.15) is 73.6 Å². The standard InChI is InChI=1S/C17H29F3O4/c1-14(2,3)9-10-16(17(18,19)20,11-15(4,5)6)24-13(23)8-7-12(21)22/h7-11H2,1-6H3,(H,21,22). The van der Waals surface area contributed by atoms with Gasteiger partial charge in [-0.3, -0.25) is 9.59 Å². The maximum atomic E-state index is 13.8. The number of esters is 1. The smallest absolute Gasteiger partial charge is 0.428 e. The van der Waals surface area contributed by atoms with Gasteiger partial charge in [0.05, 0.1) is 12.8 Å². The van der Waals surface area contributed by atoms with Crippen LogP contribution in [-0.2, 0) is 14.3 Å². The van der Waals surface area contributed by atoms with Crippen molar-refractivity contribution in [3.05, 3.63) is 0 Å². The topological polar surface area (TPSA) is 63.6 Å². The predicted molar refractivity (Wildman–Crippen MR) is 84.5 cm³/mol. The van der Waals surface area contributed by atoms with E-state index >= 15 is 0 Å². The molecule has 1 unspecified atom stereocenters. The first-order chi connectivity index (χ1) is 10.5. The minimum atomic E-state index is -4.73. The van der Waals surface area contributed by atoms with Gasteiger partial charge in [-0.2, -0.15) is 13.2 Å². The van der Waals surface area contributed by atoms with Crippen LogP contribution < -0.4 is 0 Å². The highest BCUT2D eigenvalue weighted by atomic mass is 19.4. The Balaban J connectivity index is 5.56. The van der Waals surface area contributed by atoms with Gasteiger partial charge in [-0.1, -0.05) is 41.5 Å². The van der Waals surface area contributed by atoms with E-state index in [1.54, 1.807) is 20.8 Å². The summed E-state index contributed by atoms with van der Waals surface area (Å²) >= 11 is 0. The number of ether oxygens (including phenoxy) is 1. The van der Waals surface area contributed by atoms with Gasteiger partial charge in [0, 0.05) is 6.42 Å². The molecule has 4 nitrogen and oxygen atoms in total. The average Bonchev–Trinajstić information content (AvgIpc) is 2.29. The third kappa shape index (κ3) is 8.55. The number of carbonyl (C=O) groups is 2. The fourth-order valence-corrected chi connectivity index (χ4v) is 2.39. The number of hydrogen-bond acceptors (Lipinski definition) is 3. The maximum Gasteiger partial charge on any atom is 0.428 e. The monoisotopic (exact) mass is 354 g/mol. The average molecular weight is 354 g/mol. The van der Waals surface area contributed by atoms with Crippen molar-refractivity contribution in [2.24, 2.45) is 10.8 Å². The molecule has 0 aliphatic rings. The Bertz CT molecular complexity index is 444. The lowest BCUT2D eigenvalue weighted by molar-refractivity contribution is -0.282. The van der Waals surface area contributed by atoms with Gasteiger partial charge in [-0.25, -0.2) is 0 Å². The van der Waals surface area contributed by atoms with Gasteiger partial charge in [-0.15, -0.1) is 0 Å². The number of carboxylic acids is 1. The lowest BCUT2D eigenvalue weighted by Crippen LogP contribution is -2.51. The third-order valence-electron chi connectivity index (χ3n) is 3.46. The van der Waals surface area contributed by atoms with Gasteiger partial charge in [0.2, 0.25) is 5.60 Å². The molecular formula is C17H29F3O4. The van der Waals surface area contributed by atoms with E-state index in [-0.39, 0.29) is 24.7 Å². The summed E-state index contributed by atoms with van der Waals surface area (Å²) in [5.74, 6) is -2.39. The summed E-state index contributed by atoms with van der Waals surface area (Å²) in [6, 6.07) is 0. The highest BCUT2D eigenvalue weighted by Crippen LogP contribution is 2.46. The van der Waals surface area contributed by atoms with Crippen LogP contribution in [0.4, 0.5) is 13.2 Å². The van der Waals surface area contributed by atoms with E-state index in [4.69, 9.17) is 9.84 Å². The molecule has 0 spiro atoms. The number of carbonyl (C=O) groups excluding carboxylic acids is 1. The summed E-state index contributed by atoms with van der Waals surface area (Å²) in [6.45, 7) is 10.4. The summed E-state index contributed by atoms with van der Waals surface area (Å²) in [7, 11) is 0. The van der Waals surface area contributed by atoms with Crippen LogP contribution in [0.15, 0.2) is 0 Å². The number of hydrogen-bond donors (Lipinski definition) is 1. The van der Waals surface area contributed by atoms with Gasteiger partial charge in [0.15, 0.2) is 0 Å². The van der Waals surface area contributed by atoms with E-state index in [9.17, 15) is 22.8 Å². The first kappa shape index (κ1) is 22.7. The van der Waals surface area contributed by atoms with Crippen LogP contribution >= 0.6 is 0 Å². The zero-order valence-corrected chi connectivity index (χ0v) is 15.3. The lowest BCUT2D eigenvalue weighted by atomic mass is 9.76. The molecule has 0 radical (unpaired) electrons. The Kier molecular flexibility index (Phi) is 7.33. The Morgan fingerprint density at radius 3 is 1.71 bits per heavy atom. The summed E-state index contributed by atoms with van der Waals surface area (Å²) in [6.07, 6.45) is -6.37. The minimum absolute atomic E-state index is 0.217. The normalized spacial score (nSPS) is 15.7. The fraction of sp³-hybridized carbons (Fsp3) is 0.882. The summed E-state index contributed by atoms with van der Waals surface area (Å²) in [4.78, 5) is 22.4. The zero-order valence-electron chi connectivity index (χ0n) is 15.3. The molecule has 0 rings (SSSR count). The van der Waals surface area contributed by atoms with Crippen LogP contribution in [0, 0.1) is 10.8 Å². The molecule has 0 aliphatic carbocycles. The molecule has 0 saturated carbocycles. The van der Waals surface area contributed by atoms with E-state index in [1.165, 1.54) is 0 Å². The Hall–Kier alpha value is -1.27. The molecule has 0 aliphatic heterocycles. The van der Waals surface area contributed by atoms with E-state index < -0.39 is 42.0 Å². The molecule has 0 bridgehead atoms. The van der Waals surface area contributed by atoms with Gasteiger partial charge < -0.3 is 9.84 Å². The Morgan fingerprint density at radius 1 is 0.875 bits per heavy atom. The van der Waals surface area contributed by atoms with Crippen molar-refractivity contribution in [3.63, 3.8) is 0 Å². The molecule has 1 atom stereocenters. The molecule has 7 heteroatoms. The van der Waals surface area contributed by atoms with Gasteiger partial charge in [0.1, 0.15) is 0 Å². The predicted octanol–water partition coefficient (Wildman–Crippen LogP) is 4.96. The fourth-order valence-electron chi connectivity index (χ4n) is 2.39. The first-order valence-corrected chi connectivity index (χ1v) is 7.98. The number of rotatable bonds is 7. The molecular weight excluding hydrogens is 325 g/mol. The van der Waals surface area contributed by atoms with Gasteiger partial charge in [-0.05, 0) is 23.7 Å². The molecule has 24 heavy (non-hydrogen) atoms. The lowest BCUT2D eigenvalue weighted by Gasteiger charge is -2.40. The van der Waals surface area contributed by atoms with Crippen LogP contribution in [0.25, 0.3) is 0 Å². The van der Waals surface area contributed by atoms with Crippen molar-refractivity contribution in [2.75, 3.05) is 0 Å². The first-order valence-electron chi connectivity index (χ1n) is 7.98. The number of alkyl halides is 3. The second-order valence-electron chi connectivity index (χ2n) is 8.66. The number of halogens is 3. The molecule has 142 valence electrons. The quantitative estimate of drug-likeness (QED) is 0.657. The Morgan fingerprint density at radius 2 is 1.38 bits per heavy atom. The van der Waals surface area contributed by atoms with Gasteiger partial charge >= 0.3 is 18.1 Å². The molecule has 1 N–H and O–H groups in total. The molecule has 0 aromatic carbocycles. The highest BCUT2D eigenvalue weighted by molar-refractivity contribution is 5.76. The minimum Gasteiger partial charge on any atom is -0.481 e. The molecule has 0 aromatic heterocycles. The summed E-state index contributed by atoms with van der Waals surface area (Å²) in [5.41, 5.74) is -3.68. The van der Waals surface area contributed by atoms with Crippen molar-refractivity contribution in [2.45, 2.75) is 85.4 Å². The SMILES string of the molecule is CC(C)(C)CCC(CC(C)(C)C)(OC(=O)CCC(=O)O)C(F)(F)F. The van der Waals surface area contributed by atoms with E-state index in [1.807, 2.05) is 20.8 Å². The number of aliphatic carboxylic acids is 1. The van der Waals surface area contributed by atoms with Crippen molar-refractivity contribution in [1.29, 1.82) is 0 Å². The summed E-state index contributed by atoms with van der Waals surface area (Å²) in [5, 5.41) is 8.59. The summed E-state index contributed by atoms with van der Waals surface area (Å²) < 4.78 is 46.4. The van der Waals surface area contributed by atoms with Crippen molar-refractivity contribution < 1.29 is 32.6 Å². The molecule has 0 saturated heterocycles. The van der Waals surface area contributed by atoms with Crippen LogP contribution in [0.5, 0.6) is 0 Å². The third-order valence-corrected chi connectivity index (χ3v) is 3.46. The second kappa shape index (κ2) is 7.74. The molecule has 0 amide bonds. The van der Waals surface area contributed by atoms with Crippen molar-refractivity contribution in [3.8, 4) is 0 Å². The van der Waals surface area contributed by atoms with Crippen molar-refractivity contribution >= 4 is 11.9 Å². The molecule has 0 fully saturated rings. The highest BCUT2D eigenvalue weighted by Gasteiger charge is 2.59. The second-order valence-corrected chi connectivity index (χ2v) is 8.66. The van der Waals surface area contributed by atoms with E-state index in [0.29, 0.717) is 0 Å². The zero-order chi connectivity index (χ0) is 19.4.